The number of ether oxygens (including phenoxy) is 1. The van der Waals surface area contributed by atoms with Gasteiger partial charge in [-0.15, -0.1) is 0 Å². The van der Waals surface area contributed by atoms with Gasteiger partial charge in [-0.2, -0.15) is 4.98 Å². The van der Waals surface area contributed by atoms with Crippen molar-refractivity contribution in [3.05, 3.63) is 29.2 Å². The number of piperidine rings is 1. The average Bonchev–Trinajstić information content (AvgIpc) is 3.05. The van der Waals surface area contributed by atoms with Gasteiger partial charge in [-0.05, 0) is 62.9 Å². The molecule has 1 N–H and O–H groups in total. The van der Waals surface area contributed by atoms with Crippen molar-refractivity contribution in [2.24, 2.45) is 0 Å². The number of hydrogen-bond donors (Lipinski definition) is 1. The lowest BCUT2D eigenvalue weighted by atomic mass is 10.0. The molecule has 0 amide bonds. The van der Waals surface area contributed by atoms with Gasteiger partial charge >= 0.3 is 0 Å². The SMILES string of the molecule is CCCOc1c(C)cc(-c2noc([C@H]3CCCCN3)n2)cc1C. The first-order chi connectivity index (χ1) is 11.2. The number of hydrogen-bond acceptors (Lipinski definition) is 5. The van der Waals surface area contributed by atoms with Crippen molar-refractivity contribution in [2.75, 3.05) is 13.2 Å². The topological polar surface area (TPSA) is 60.2 Å². The van der Waals surface area contributed by atoms with E-state index in [1.165, 1.54) is 12.8 Å². The van der Waals surface area contributed by atoms with Crippen molar-refractivity contribution in [2.45, 2.75) is 52.5 Å². The quantitative estimate of drug-likeness (QED) is 0.905. The molecule has 2 heterocycles. The van der Waals surface area contributed by atoms with Gasteiger partial charge in [0.15, 0.2) is 0 Å². The van der Waals surface area contributed by atoms with Crippen molar-refractivity contribution in [3.8, 4) is 17.1 Å². The van der Waals surface area contributed by atoms with Crippen LogP contribution in [-0.4, -0.2) is 23.3 Å². The van der Waals surface area contributed by atoms with E-state index in [1.54, 1.807) is 0 Å². The maximum absolute atomic E-state index is 5.83. The Morgan fingerprint density at radius 3 is 2.70 bits per heavy atom. The number of aromatic nitrogens is 2. The summed E-state index contributed by atoms with van der Waals surface area (Å²) in [5.41, 5.74) is 3.20. The van der Waals surface area contributed by atoms with E-state index in [1.807, 2.05) is 0 Å². The third-order valence-electron chi connectivity index (χ3n) is 4.22. The molecular formula is C18H25N3O2. The highest BCUT2D eigenvalue weighted by atomic mass is 16.5. The molecule has 5 heteroatoms. The second-order valence-corrected chi connectivity index (χ2v) is 6.25. The van der Waals surface area contributed by atoms with Crippen LogP contribution in [0.25, 0.3) is 11.4 Å². The van der Waals surface area contributed by atoms with Crippen LogP contribution in [0.3, 0.4) is 0 Å². The molecule has 0 bridgehead atoms. The van der Waals surface area contributed by atoms with Gasteiger partial charge in [0, 0.05) is 5.56 Å². The standard InChI is InChI=1S/C18H25N3O2/c1-4-9-22-16-12(2)10-14(11-13(16)3)17-20-18(23-21-17)15-7-5-6-8-19-15/h10-11,15,19H,4-9H2,1-3H3/t15-/m1/s1. The van der Waals surface area contributed by atoms with Gasteiger partial charge in [0.2, 0.25) is 11.7 Å². The lowest BCUT2D eigenvalue weighted by Crippen LogP contribution is -2.26. The number of rotatable bonds is 5. The van der Waals surface area contributed by atoms with Gasteiger partial charge < -0.3 is 14.6 Å². The van der Waals surface area contributed by atoms with Gasteiger partial charge in [0.25, 0.3) is 0 Å². The maximum atomic E-state index is 5.83. The summed E-state index contributed by atoms with van der Waals surface area (Å²) in [6, 6.07) is 4.33. The highest BCUT2D eigenvalue weighted by Crippen LogP contribution is 2.30. The Bertz CT molecular complexity index is 637. The molecule has 1 saturated heterocycles. The molecule has 5 nitrogen and oxygen atoms in total. The van der Waals surface area contributed by atoms with E-state index >= 15 is 0 Å². The van der Waals surface area contributed by atoms with Crippen LogP contribution >= 0.6 is 0 Å². The zero-order chi connectivity index (χ0) is 16.2. The smallest absolute Gasteiger partial charge is 0.244 e. The molecule has 1 fully saturated rings. The average molecular weight is 315 g/mol. The summed E-state index contributed by atoms with van der Waals surface area (Å²) in [6.07, 6.45) is 4.48. The van der Waals surface area contributed by atoms with Crippen LogP contribution in [0.2, 0.25) is 0 Å². The normalized spacial score (nSPS) is 18.1. The summed E-state index contributed by atoms with van der Waals surface area (Å²) in [4.78, 5) is 4.60. The molecule has 1 aliphatic heterocycles. The van der Waals surface area contributed by atoms with Gasteiger partial charge in [-0.3, -0.25) is 0 Å². The van der Waals surface area contributed by atoms with E-state index in [-0.39, 0.29) is 6.04 Å². The summed E-state index contributed by atoms with van der Waals surface area (Å²) in [5, 5.41) is 7.61. The van der Waals surface area contributed by atoms with Crippen LogP contribution in [0.15, 0.2) is 16.7 Å². The number of aryl methyl sites for hydroxylation is 2. The lowest BCUT2D eigenvalue weighted by Gasteiger charge is -2.19. The largest absolute Gasteiger partial charge is 0.493 e. The van der Waals surface area contributed by atoms with E-state index in [9.17, 15) is 0 Å². The van der Waals surface area contributed by atoms with Crippen molar-refractivity contribution in [1.82, 2.24) is 15.5 Å². The van der Waals surface area contributed by atoms with Crippen molar-refractivity contribution >= 4 is 0 Å². The van der Waals surface area contributed by atoms with Gasteiger partial charge in [0.05, 0.1) is 12.6 Å². The molecule has 3 rings (SSSR count). The molecule has 1 aromatic carbocycles. The molecule has 1 aliphatic rings. The Morgan fingerprint density at radius 2 is 2.04 bits per heavy atom. The van der Waals surface area contributed by atoms with Crippen LogP contribution in [0.4, 0.5) is 0 Å². The van der Waals surface area contributed by atoms with Gasteiger partial charge in [-0.25, -0.2) is 0 Å². The molecule has 0 aliphatic carbocycles. The fraction of sp³-hybridized carbons (Fsp3) is 0.556. The van der Waals surface area contributed by atoms with E-state index in [2.05, 4.69) is 48.4 Å². The molecule has 23 heavy (non-hydrogen) atoms. The van der Waals surface area contributed by atoms with Crippen LogP contribution in [0, 0.1) is 13.8 Å². The highest BCUT2D eigenvalue weighted by Gasteiger charge is 2.21. The Balaban J connectivity index is 1.83. The van der Waals surface area contributed by atoms with Gasteiger partial charge in [-0.1, -0.05) is 18.5 Å². The first-order valence-corrected chi connectivity index (χ1v) is 8.50. The van der Waals surface area contributed by atoms with Gasteiger partial charge in [0.1, 0.15) is 5.75 Å². The van der Waals surface area contributed by atoms with E-state index in [0.29, 0.717) is 11.7 Å². The number of nitrogens with zero attached hydrogens (tertiary/aromatic N) is 2. The Kier molecular flexibility index (Phi) is 4.96. The van der Waals surface area contributed by atoms with E-state index < -0.39 is 0 Å². The van der Waals surface area contributed by atoms with Crippen LogP contribution in [-0.2, 0) is 0 Å². The summed E-state index contributed by atoms with van der Waals surface area (Å²) < 4.78 is 11.3. The van der Waals surface area contributed by atoms with Crippen molar-refractivity contribution < 1.29 is 9.26 Å². The summed E-state index contributed by atoms with van der Waals surface area (Å²) in [6.45, 7) is 7.99. The Morgan fingerprint density at radius 1 is 1.26 bits per heavy atom. The van der Waals surface area contributed by atoms with Crippen LogP contribution in [0.5, 0.6) is 5.75 Å². The van der Waals surface area contributed by atoms with E-state index in [0.717, 1.165) is 48.4 Å². The lowest BCUT2D eigenvalue weighted by molar-refractivity contribution is 0.297. The minimum atomic E-state index is 0.194. The summed E-state index contributed by atoms with van der Waals surface area (Å²) in [7, 11) is 0. The molecule has 1 aromatic heterocycles. The summed E-state index contributed by atoms with van der Waals surface area (Å²) in [5.74, 6) is 2.31. The maximum Gasteiger partial charge on any atom is 0.244 e. The summed E-state index contributed by atoms with van der Waals surface area (Å²) >= 11 is 0. The molecular weight excluding hydrogens is 290 g/mol. The monoisotopic (exact) mass is 315 g/mol. The first-order valence-electron chi connectivity index (χ1n) is 8.50. The predicted octanol–water partition coefficient (Wildman–Crippen LogP) is 3.96. The van der Waals surface area contributed by atoms with Crippen molar-refractivity contribution in [3.63, 3.8) is 0 Å². The molecule has 1 atom stereocenters. The third kappa shape index (κ3) is 3.55. The van der Waals surface area contributed by atoms with Crippen LogP contribution < -0.4 is 10.1 Å². The first kappa shape index (κ1) is 16.0. The Hall–Kier alpha value is -1.88. The minimum Gasteiger partial charge on any atom is -0.493 e. The molecule has 0 spiro atoms. The zero-order valence-corrected chi connectivity index (χ0v) is 14.2. The molecule has 0 saturated carbocycles. The number of benzene rings is 1. The second-order valence-electron chi connectivity index (χ2n) is 6.25. The zero-order valence-electron chi connectivity index (χ0n) is 14.2. The molecule has 0 radical (unpaired) electrons. The fourth-order valence-corrected chi connectivity index (χ4v) is 3.07. The van der Waals surface area contributed by atoms with Crippen molar-refractivity contribution in [1.29, 1.82) is 0 Å². The van der Waals surface area contributed by atoms with E-state index in [4.69, 9.17) is 9.26 Å². The molecule has 0 unspecified atom stereocenters. The Labute approximate surface area is 137 Å². The highest BCUT2D eigenvalue weighted by molar-refractivity contribution is 5.61. The second kappa shape index (κ2) is 7.13. The third-order valence-corrected chi connectivity index (χ3v) is 4.22. The van der Waals surface area contributed by atoms with Crippen LogP contribution in [0.1, 0.15) is 55.7 Å². The predicted molar refractivity (Wildman–Crippen MR) is 89.6 cm³/mol. The molecule has 2 aromatic rings. The fourth-order valence-electron chi connectivity index (χ4n) is 3.07. The number of nitrogens with one attached hydrogen (secondary N) is 1. The minimum absolute atomic E-state index is 0.194. The molecule has 124 valence electrons.